The summed E-state index contributed by atoms with van der Waals surface area (Å²) >= 11 is 1.83. The van der Waals surface area contributed by atoms with Crippen LogP contribution >= 0.6 is 11.8 Å². The third-order valence-corrected chi connectivity index (χ3v) is 3.22. The van der Waals surface area contributed by atoms with Crippen LogP contribution in [-0.2, 0) is 4.79 Å². The van der Waals surface area contributed by atoms with Gasteiger partial charge in [0.2, 0.25) is 5.91 Å². The first kappa shape index (κ1) is 13.8. The molecule has 4 heteroatoms. The summed E-state index contributed by atoms with van der Waals surface area (Å²) in [5.41, 5.74) is 5.06. The number of hydrogen-bond acceptors (Lipinski definition) is 3. The van der Waals surface area contributed by atoms with Crippen molar-refractivity contribution in [2.75, 3.05) is 18.1 Å². The van der Waals surface area contributed by atoms with Crippen LogP contribution in [0.3, 0.4) is 0 Å². The fourth-order valence-corrected chi connectivity index (χ4v) is 1.52. The summed E-state index contributed by atoms with van der Waals surface area (Å²) in [4.78, 5) is 11.7. The molecule has 1 atom stereocenters. The zero-order valence-corrected chi connectivity index (χ0v) is 10.4. The molecule has 0 aliphatic rings. The Morgan fingerprint density at radius 1 is 1.57 bits per heavy atom. The van der Waals surface area contributed by atoms with Gasteiger partial charge in [0, 0.05) is 18.3 Å². The quantitative estimate of drug-likeness (QED) is 0.705. The lowest BCUT2D eigenvalue weighted by Gasteiger charge is -2.24. The van der Waals surface area contributed by atoms with Gasteiger partial charge in [0.1, 0.15) is 0 Å². The highest BCUT2D eigenvalue weighted by Crippen LogP contribution is 2.13. The molecule has 0 heterocycles. The predicted octanol–water partition coefficient (Wildman–Crippen LogP) is 1.23. The molecule has 0 spiro atoms. The molecular weight excluding hydrogens is 196 g/mol. The van der Waals surface area contributed by atoms with Gasteiger partial charge in [-0.1, -0.05) is 6.92 Å². The van der Waals surface area contributed by atoms with E-state index < -0.39 is 5.41 Å². The van der Waals surface area contributed by atoms with Crippen LogP contribution in [0.1, 0.15) is 27.7 Å². The second-order valence-corrected chi connectivity index (χ2v) is 5.44. The molecule has 0 aromatic carbocycles. The molecule has 84 valence electrons. The molecule has 0 fully saturated rings. The third-order valence-electron chi connectivity index (χ3n) is 2.07. The Morgan fingerprint density at radius 3 is 2.57 bits per heavy atom. The Labute approximate surface area is 91.2 Å². The van der Waals surface area contributed by atoms with Crippen LogP contribution in [-0.4, -0.2) is 30.0 Å². The van der Waals surface area contributed by atoms with Crippen molar-refractivity contribution in [3.8, 4) is 0 Å². The highest BCUT2D eigenvalue weighted by atomic mass is 32.2. The molecule has 0 aliphatic carbocycles. The Morgan fingerprint density at radius 2 is 2.14 bits per heavy atom. The lowest BCUT2D eigenvalue weighted by atomic mass is 9.92. The predicted molar refractivity (Wildman–Crippen MR) is 63.4 cm³/mol. The van der Waals surface area contributed by atoms with Crippen LogP contribution in [0.5, 0.6) is 0 Å². The summed E-state index contributed by atoms with van der Waals surface area (Å²) in [6.45, 7) is 8.24. The van der Waals surface area contributed by atoms with E-state index in [9.17, 15) is 4.79 Å². The van der Waals surface area contributed by atoms with Gasteiger partial charge in [0.15, 0.2) is 0 Å². The minimum absolute atomic E-state index is 0.0456. The minimum atomic E-state index is -0.453. The van der Waals surface area contributed by atoms with Gasteiger partial charge in [-0.25, -0.2) is 0 Å². The van der Waals surface area contributed by atoms with E-state index in [4.69, 9.17) is 5.73 Å². The molecule has 0 saturated heterocycles. The van der Waals surface area contributed by atoms with E-state index in [1.165, 1.54) is 0 Å². The van der Waals surface area contributed by atoms with Gasteiger partial charge >= 0.3 is 0 Å². The van der Waals surface area contributed by atoms with E-state index in [0.29, 0.717) is 6.54 Å². The molecule has 3 N–H and O–H groups in total. The number of amides is 1. The van der Waals surface area contributed by atoms with Gasteiger partial charge in [-0.15, -0.1) is 0 Å². The average molecular weight is 218 g/mol. The normalized spacial score (nSPS) is 13.8. The maximum absolute atomic E-state index is 11.7. The summed E-state index contributed by atoms with van der Waals surface area (Å²) in [5, 5.41) is 2.97. The smallest absolute Gasteiger partial charge is 0.227 e. The summed E-state index contributed by atoms with van der Waals surface area (Å²) in [6, 6.07) is 0.221. The summed E-state index contributed by atoms with van der Waals surface area (Å²) < 4.78 is 0. The molecule has 3 nitrogen and oxygen atoms in total. The molecular formula is C10H22N2OS. The van der Waals surface area contributed by atoms with E-state index in [-0.39, 0.29) is 11.9 Å². The first-order valence-corrected chi connectivity index (χ1v) is 6.18. The molecule has 1 amide bonds. The van der Waals surface area contributed by atoms with E-state index in [1.54, 1.807) is 0 Å². The van der Waals surface area contributed by atoms with Gasteiger partial charge in [-0.2, -0.15) is 11.8 Å². The first-order chi connectivity index (χ1) is 6.44. The van der Waals surface area contributed by atoms with Crippen molar-refractivity contribution < 1.29 is 4.79 Å². The maximum Gasteiger partial charge on any atom is 0.227 e. The zero-order chi connectivity index (χ0) is 11.2. The number of hydrogen-bond donors (Lipinski definition) is 2. The second kappa shape index (κ2) is 6.30. The lowest BCUT2D eigenvalue weighted by Crippen LogP contribution is -2.46. The van der Waals surface area contributed by atoms with Crippen molar-refractivity contribution >= 4 is 17.7 Å². The van der Waals surface area contributed by atoms with Crippen LogP contribution in [0, 0.1) is 5.41 Å². The van der Waals surface area contributed by atoms with Crippen molar-refractivity contribution in [1.82, 2.24) is 5.32 Å². The molecule has 0 aromatic heterocycles. The van der Waals surface area contributed by atoms with Gasteiger partial charge in [0.05, 0.1) is 5.41 Å². The van der Waals surface area contributed by atoms with Gasteiger partial charge in [-0.05, 0) is 26.5 Å². The summed E-state index contributed by atoms with van der Waals surface area (Å²) in [6.07, 6.45) is 0. The van der Waals surface area contributed by atoms with Gasteiger partial charge < -0.3 is 11.1 Å². The van der Waals surface area contributed by atoms with Gasteiger partial charge in [0.25, 0.3) is 0 Å². The van der Waals surface area contributed by atoms with Gasteiger partial charge in [-0.3, -0.25) is 4.79 Å². The monoisotopic (exact) mass is 218 g/mol. The highest BCUT2D eigenvalue weighted by molar-refractivity contribution is 7.99. The standard InChI is InChI=1S/C10H22N2OS/c1-5-14-6-8(2)12-9(13)10(3,4)7-11/h8H,5-7,11H2,1-4H3,(H,12,13). The molecule has 0 radical (unpaired) electrons. The Balaban J connectivity index is 3.93. The van der Waals surface area contributed by atoms with Crippen molar-refractivity contribution in [2.45, 2.75) is 33.7 Å². The fraction of sp³-hybridized carbons (Fsp3) is 0.900. The van der Waals surface area contributed by atoms with Crippen LogP contribution in [0.4, 0.5) is 0 Å². The van der Waals surface area contributed by atoms with Crippen LogP contribution in [0.25, 0.3) is 0 Å². The first-order valence-electron chi connectivity index (χ1n) is 5.02. The van der Waals surface area contributed by atoms with Crippen molar-refractivity contribution in [1.29, 1.82) is 0 Å². The molecule has 0 rings (SSSR count). The largest absolute Gasteiger partial charge is 0.352 e. The minimum Gasteiger partial charge on any atom is -0.352 e. The number of nitrogens with two attached hydrogens (primary N) is 1. The van der Waals surface area contributed by atoms with Crippen LogP contribution < -0.4 is 11.1 Å². The van der Waals surface area contributed by atoms with E-state index in [0.717, 1.165) is 11.5 Å². The zero-order valence-electron chi connectivity index (χ0n) is 9.59. The second-order valence-electron chi connectivity index (χ2n) is 4.12. The van der Waals surface area contributed by atoms with Crippen LogP contribution in [0.15, 0.2) is 0 Å². The van der Waals surface area contributed by atoms with Crippen molar-refractivity contribution in [3.05, 3.63) is 0 Å². The number of thioether (sulfide) groups is 1. The Hall–Kier alpha value is -0.220. The molecule has 0 bridgehead atoms. The average Bonchev–Trinajstić information content (AvgIpc) is 2.14. The van der Waals surface area contributed by atoms with E-state index >= 15 is 0 Å². The Kier molecular flexibility index (Phi) is 6.20. The Bertz CT molecular complexity index is 183. The number of carbonyl (C=O) groups is 1. The van der Waals surface area contributed by atoms with Crippen molar-refractivity contribution in [3.63, 3.8) is 0 Å². The third kappa shape index (κ3) is 4.86. The maximum atomic E-state index is 11.7. The highest BCUT2D eigenvalue weighted by Gasteiger charge is 2.26. The summed E-state index contributed by atoms with van der Waals surface area (Å²) in [5.74, 6) is 2.09. The molecule has 1 unspecified atom stereocenters. The lowest BCUT2D eigenvalue weighted by molar-refractivity contribution is -0.129. The van der Waals surface area contributed by atoms with Crippen LogP contribution in [0.2, 0.25) is 0 Å². The number of carbonyl (C=O) groups excluding carboxylic acids is 1. The van der Waals surface area contributed by atoms with E-state index in [2.05, 4.69) is 12.2 Å². The molecule has 0 aromatic rings. The summed E-state index contributed by atoms with van der Waals surface area (Å²) in [7, 11) is 0. The molecule has 0 aliphatic heterocycles. The van der Waals surface area contributed by atoms with Crippen molar-refractivity contribution in [2.24, 2.45) is 11.1 Å². The molecule has 0 saturated carbocycles. The molecule has 14 heavy (non-hydrogen) atoms. The number of nitrogens with one attached hydrogen (secondary N) is 1. The SMILES string of the molecule is CCSCC(C)NC(=O)C(C)(C)CN. The topological polar surface area (TPSA) is 55.1 Å². The number of rotatable bonds is 6. The van der Waals surface area contributed by atoms with E-state index in [1.807, 2.05) is 32.5 Å². The fourth-order valence-electron chi connectivity index (χ4n) is 0.848.